The van der Waals surface area contributed by atoms with E-state index in [1.165, 1.54) is 0 Å². The van der Waals surface area contributed by atoms with Gasteiger partial charge in [0.25, 0.3) is 5.91 Å². The van der Waals surface area contributed by atoms with Gasteiger partial charge in [-0.05, 0) is 57.5 Å². The summed E-state index contributed by atoms with van der Waals surface area (Å²) in [5.74, 6) is -1.02. The predicted molar refractivity (Wildman–Crippen MR) is 125 cm³/mol. The summed E-state index contributed by atoms with van der Waals surface area (Å²) in [5.41, 5.74) is 3.16. The molecule has 0 radical (unpaired) electrons. The van der Waals surface area contributed by atoms with Crippen LogP contribution in [0.15, 0.2) is 48.5 Å². The summed E-state index contributed by atoms with van der Waals surface area (Å²) < 4.78 is 1.74. The normalized spacial score (nSPS) is 17.9. The summed E-state index contributed by atoms with van der Waals surface area (Å²) in [7, 11) is 0. The van der Waals surface area contributed by atoms with Gasteiger partial charge in [0.05, 0.1) is 22.8 Å². The van der Waals surface area contributed by atoms with Gasteiger partial charge in [0.2, 0.25) is 5.91 Å². The highest BCUT2D eigenvalue weighted by molar-refractivity contribution is 6.30. The largest absolute Gasteiger partial charge is 0.325 e. The molecule has 170 valence electrons. The molecule has 1 aliphatic heterocycles. The number of carbonyl (C=O) groups excluding carboxylic acids is 3. The van der Waals surface area contributed by atoms with Crippen LogP contribution < -0.4 is 10.6 Å². The molecule has 0 bridgehead atoms. The predicted octanol–water partition coefficient (Wildman–Crippen LogP) is 3.86. The highest BCUT2D eigenvalue weighted by atomic mass is 35.5. The molecule has 1 atom stereocenters. The molecule has 2 heterocycles. The summed E-state index contributed by atoms with van der Waals surface area (Å²) in [4.78, 5) is 39.4. The molecule has 8 nitrogen and oxygen atoms in total. The molecule has 1 fully saturated rings. The first-order chi connectivity index (χ1) is 15.6. The molecule has 4 rings (SSSR count). The standard InChI is InChI=1S/C24H24ClN5O3/c1-14-8-10-19(11-9-14)30-16(3)21(15(2)28-30)26-20(31)13-29-22(32)24(4,27-23(29)33)17-6-5-7-18(25)12-17/h5-12H,13H2,1-4H3,(H,26,31)(H,27,33). The van der Waals surface area contributed by atoms with Crippen LogP contribution in [-0.2, 0) is 15.1 Å². The van der Waals surface area contributed by atoms with Crippen molar-refractivity contribution in [1.82, 2.24) is 20.0 Å². The molecule has 1 unspecified atom stereocenters. The molecule has 0 aliphatic carbocycles. The number of urea groups is 1. The Kier molecular flexibility index (Phi) is 5.71. The van der Waals surface area contributed by atoms with E-state index in [1.54, 1.807) is 42.8 Å². The number of benzene rings is 2. The average Bonchev–Trinajstić information content (AvgIpc) is 3.17. The Bertz CT molecular complexity index is 1270. The van der Waals surface area contributed by atoms with Gasteiger partial charge in [0.1, 0.15) is 12.1 Å². The number of carbonyl (C=O) groups is 3. The minimum atomic E-state index is -1.30. The summed E-state index contributed by atoms with van der Waals surface area (Å²) in [6.07, 6.45) is 0. The lowest BCUT2D eigenvalue weighted by Gasteiger charge is -2.22. The van der Waals surface area contributed by atoms with Gasteiger partial charge in [-0.15, -0.1) is 0 Å². The Balaban J connectivity index is 1.52. The topological polar surface area (TPSA) is 96.3 Å². The molecular formula is C24H24ClN5O3. The zero-order valence-electron chi connectivity index (χ0n) is 18.8. The van der Waals surface area contributed by atoms with Crippen molar-refractivity contribution in [2.75, 3.05) is 11.9 Å². The van der Waals surface area contributed by atoms with Gasteiger partial charge in [0, 0.05) is 5.02 Å². The fourth-order valence-corrected chi connectivity index (χ4v) is 4.11. The third-order valence-electron chi connectivity index (χ3n) is 5.81. The van der Waals surface area contributed by atoms with Crippen molar-refractivity contribution in [1.29, 1.82) is 0 Å². The minimum absolute atomic E-state index is 0.421. The van der Waals surface area contributed by atoms with E-state index in [1.807, 2.05) is 38.1 Å². The van der Waals surface area contributed by atoms with Crippen molar-refractivity contribution < 1.29 is 14.4 Å². The molecule has 1 aromatic heterocycles. The van der Waals surface area contributed by atoms with Crippen molar-refractivity contribution in [3.63, 3.8) is 0 Å². The maximum Gasteiger partial charge on any atom is 0.325 e. The van der Waals surface area contributed by atoms with Gasteiger partial charge in [-0.1, -0.05) is 41.4 Å². The Hall–Kier alpha value is -3.65. The molecule has 3 aromatic rings. The Morgan fingerprint density at radius 3 is 2.48 bits per heavy atom. The van der Waals surface area contributed by atoms with Crippen molar-refractivity contribution in [2.24, 2.45) is 0 Å². The summed E-state index contributed by atoms with van der Waals surface area (Å²) in [6.45, 7) is 6.81. The van der Waals surface area contributed by atoms with Gasteiger partial charge in [-0.3, -0.25) is 14.5 Å². The molecule has 2 aromatic carbocycles. The van der Waals surface area contributed by atoms with E-state index >= 15 is 0 Å². The molecule has 1 saturated heterocycles. The van der Waals surface area contributed by atoms with Crippen LogP contribution in [0.4, 0.5) is 10.5 Å². The van der Waals surface area contributed by atoms with Gasteiger partial charge in [-0.2, -0.15) is 5.10 Å². The number of nitrogens with zero attached hydrogens (tertiary/aromatic N) is 3. The van der Waals surface area contributed by atoms with Crippen LogP contribution in [0.25, 0.3) is 5.69 Å². The number of hydrogen-bond acceptors (Lipinski definition) is 4. The Morgan fingerprint density at radius 1 is 1.12 bits per heavy atom. The lowest BCUT2D eigenvalue weighted by atomic mass is 9.92. The van der Waals surface area contributed by atoms with Crippen LogP contribution in [0.5, 0.6) is 0 Å². The van der Waals surface area contributed by atoms with Crippen LogP contribution in [0.2, 0.25) is 5.02 Å². The average molecular weight is 466 g/mol. The van der Waals surface area contributed by atoms with E-state index < -0.39 is 29.9 Å². The van der Waals surface area contributed by atoms with E-state index in [0.717, 1.165) is 21.8 Å². The molecule has 2 N–H and O–H groups in total. The molecular weight excluding hydrogens is 442 g/mol. The number of aromatic nitrogens is 2. The number of rotatable bonds is 5. The first kappa shape index (κ1) is 22.5. The van der Waals surface area contributed by atoms with E-state index in [2.05, 4.69) is 15.7 Å². The van der Waals surface area contributed by atoms with Crippen molar-refractivity contribution >= 4 is 35.1 Å². The van der Waals surface area contributed by atoms with E-state index in [-0.39, 0.29) is 0 Å². The number of aryl methyl sites for hydroxylation is 2. The molecule has 0 saturated carbocycles. The minimum Gasteiger partial charge on any atom is -0.321 e. The second kappa shape index (κ2) is 8.37. The van der Waals surface area contributed by atoms with Crippen LogP contribution in [0, 0.1) is 20.8 Å². The fourth-order valence-electron chi connectivity index (χ4n) is 3.92. The number of halogens is 1. The lowest BCUT2D eigenvalue weighted by Crippen LogP contribution is -2.42. The molecule has 0 spiro atoms. The zero-order chi connectivity index (χ0) is 23.9. The van der Waals surface area contributed by atoms with Gasteiger partial charge in [0.15, 0.2) is 0 Å². The summed E-state index contributed by atoms with van der Waals surface area (Å²) in [6, 6.07) is 13.9. The van der Waals surface area contributed by atoms with Gasteiger partial charge >= 0.3 is 6.03 Å². The Morgan fingerprint density at radius 2 is 1.82 bits per heavy atom. The second-order valence-corrected chi connectivity index (χ2v) is 8.73. The maximum atomic E-state index is 13.1. The monoisotopic (exact) mass is 465 g/mol. The third-order valence-corrected chi connectivity index (χ3v) is 6.05. The number of amides is 4. The quantitative estimate of drug-likeness (QED) is 0.559. The molecule has 1 aliphatic rings. The first-order valence-corrected chi connectivity index (χ1v) is 10.8. The van der Waals surface area contributed by atoms with Crippen molar-refractivity contribution in [2.45, 2.75) is 33.2 Å². The highest BCUT2D eigenvalue weighted by Gasteiger charge is 2.49. The number of nitrogens with one attached hydrogen (secondary N) is 2. The zero-order valence-corrected chi connectivity index (χ0v) is 19.5. The lowest BCUT2D eigenvalue weighted by molar-refractivity contribution is -0.133. The van der Waals surface area contributed by atoms with Crippen LogP contribution in [0.1, 0.15) is 29.4 Å². The van der Waals surface area contributed by atoms with Crippen LogP contribution in [0.3, 0.4) is 0 Å². The van der Waals surface area contributed by atoms with Gasteiger partial charge < -0.3 is 10.6 Å². The molecule has 9 heteroatoms. The van der Waals surface area contributed by atoms with Crippen LogP contribution in [-0.4, -0.2) is 39.1 Å². The number of imide groups is 1. The number of anilines is 1. The molecule has 33 heavy (non-hydrogen) atoms. The van der Waals surface area contributed by atoms with Crippen molar-refractivity contribution in [3.05, 3.63) is 76.1 Å². The van der Waals surface area contributed by atoms with E-state index in [4.69, 9.17) is 11.6 Å². The maximum absolute atomic E-state index is 13.1. The van der Waals surface area contributed by atoms with E-state index in [9.17, 15) is 14.4 Å². The fraction of sp³-hybridized carbons (Fsp3) is 0.250. The first-order valence-electron chi connectivity index (χ1n) is 10.4. The third kappa shape index (κ3) is 4.09. The smallest absolute Gasteiger partial charge is 0.321 e. The highest BCUT2D eigenvalue weighted by Crippen LogP contribution is 2.30. The van der Waals surface area contributed by atoms with Gasteiger partial charge in [-0.25, -0.2) is 9.48 Å². The SMILES string of the molecule is Cc1ccc(-n2nc(C)c(NC(=O)CN3C(=O)NC(C)(c4cccc(Cl)c4)C3=O)c2C)cc1. The summed E-state index contributed by atoms with van der Waals surface area (Å²) in [5, 5.41) is 10.5. The molecule has 4 amide bonds. The van der Waals surface area contributed by atoms with E-state index in [0.29, 0.717) is 22.0 Å². The Labute approximate surface area is 196 Å². The van der Waals surface area contributed by atoms with Crippen LogP contribution >= 0.6 is 11.6 Å². The van der Waals surface area contributed by atoms with Crippen molar-refractivity contribution in [3.8, 4) is 5.69 Å². The second-order valence-electron chi connectivity index (χ2n) is 8.30. The number of hydrogen-bond donors (Lipinski definition) is 2. The summed E-state index contributed by atoms with van der Waals surface area (Å²) >= 11 is 6.05.